The van der Waals surface area contributed by atoms with Crippen LogP contribution in [0.2, 0.25) is 5.28 Å². The van der Waals surface area contributed by atoms with Gasteiger partial charge >= 0.3 is 0 Å². The highest BCUT2D eigenvalue weighted by atomic mass is 35.5. The molecule has 23 heteroatoms. The van der Waals surface area contributed by atoms with Gasteiger partial charge in [0.25, 0.3) is 20.2 Å². The highest BCUT2D eigenvalue weighted by Gasteiger charge is 2.19. The zero-order chi connectivity index (χ0) is 34.6. The molecule has 2 heterocycles. The van der Waals surface area contributed by atoms with Crippen molar-refractivity contribution in [1.29, 1.82) is 0 Å². The average molecular weight is 738 g/mol. The number of hydrogen-bond acceptors (Lipinski definition) is 17. The lowest BCUT2D eigenvalue weighted by atomic mass is 10.3. The molecule has 0 atom stereocenters. The Hall–Kier alpha value is -4.78. The topological polar surface area (TPSA) is 273 Å². The minimum absolute atomic E-state index is 0.0364. The first-order valence-corrected chi connectivity index (χ1v) is 16.8. The summed E-state index contributed by atoms with van der Waals surface area (Å²) >= 11 is 6.62. The van der Waals surface area contributed by atoms with Crippen LogP contribution in [0.25, 0.3) is 5.69 Å². The molecule has 19 nitrogen and oxygen atoms in total. The third-order valence-electron chi connectivity index (χ3n) is 6.00. The SMILES string of the molecule is Cc1nn(-c2ccc(S(=O)(=O)O)cc2)c(O)c1N=Nc1cccc(Nc2nc(Cl)nc(Nc3cc(SOOO)ccc3S(=O)(=O)O)n2)c1. The van der Waals surface area contributed by atoms with Crippen molar-refractivity contribution in [2.24, 2.45) is 10.2 Å². The zero-order valence-electron chi connectivity index (χ0n) is 23.8. The third kappa shape index (κ3) is 8.38. The van der Waals surface area contributed by atoms with Crippen LogP contribution in [-0.4, -0.2) is 61.0 Å². The number of nitrogens with one attached hydrogen (secondary N) is 2. The largest absolute Gasteiger partial charge is 0.492 e. The molecular weight excluding hydrogens is 718 g/mol. The Bertz CT molecular complexity index is 2240. The number of benzene rings is 3. The smallest absolute Gasteiger partial charge is 0.296 e. The Kier molecular flexibility index (Phi) is 10.2. The molecule has 0 aliphatic carbocycles. The Balaban J connectivity index is 1.36. The molecule has 0 saturated carbocycles. The normalized spacial score (nSPS) is 12.0. The molecule has 0 spiro atoms. The molecule has 6 N–H and O–H groups in total. The van der Waals surface area contributed by atoms with E-state index in [0.717, 1.165) is 22.9 Å². The maximum atomic E-state index is 11.9. The maximum absolute atomic E-state index is 11.9. The van der Waals surface area contributed by atoms with E-state index < -0.39 is 25.1 Å². The second-order valence-corrected chi connectivity index (χ2v) is 13.2. The predicted octanol–water partition coefficient (Wildman–Crippen LogP) is 5.55. The van der Waals surface area contributed by atoms with Gasteiger partial charge in [0.15, 0.2) is 5.69 Å². The van der Waals surface area contributed by atoms with Gasteiger partial charge in [-0.05, 0) is 79.2 Å². The Morgan fingerprint density at radius 2 is 1.60 bits per heavy atom. The fraction of sp³-hybridized carbons (Fsp3) is 0.0400. The van der Waals surface area contributed by atoms with Gasteiger partial charge in [-0.3, -0.25) is 9.11 Å². The minimum Gasteiger partial charge on any atom is -0.492 e. The van der Waals surface area contributed by atoms with E-state index in [0.29, 0.717) is 34.8 Å². The van der Waals surface area contributed by atoms with Crippen molar-refractivity contribution < 1.29 is 45.7 Å². The van der Waals surface area contributed by atoms with E-state index in [1.807, 2.05) is 0 Å². The summed E-state index contributed by atoms with van der Waals surface area (Å²) in [6.07, 6.45) is 0. The maximum Gasteiger partial charge on any atom is 0.296 e. The van der Waals surface area contributed by atoms with Gasteiger partial charge < -0.3 is 15.7 Å². The van der Waals surface area contributed by atoms with E-state index in [-0.39, 0.29) is 44.2 Å². The summed E-state index contributed by atoms with van der Waals surface area (Å²) < 4.78 is 70.8. The van der Waals surface area contributed by atoms with E-state index in [1.54, 1.807) is 31.2 Å². The quantitative estimate of drug-likeness (QED) is 0.0301. The van der Waals surface area contributed by atoms with Crippen LogP contribution >= 0.6 is 23.6 Å². The van der Waals surface area contributed by atoms with E-state index in [1.165, 1.54) is 24.3 Å². The summed E-state index contributed by atoms with van der Waals surface area (Å²) in [5, 5.41) is 40.4. The van der Waals surface area contributed by atoms with Gasteiger partial charge in [-0.2, -0.15) is 46.7 Å². The summed E-state index contributed by atoms with van der Waals surface area (Å²) in [5.41, 5.74) is 1.20. The van der Waals surface area contributed by atoms with Gasteiger partial charge in [-0.1, -0.05) is 11.1 Å². The number of rotatable bonds is 12. The van der Waals surface area contributed by atoms with E-state index >= 15 is 0 Å². The van der Waals surface area contributed by atoms with Gasteiger partial charge in [0.05, 0.1) is 39.7 Å². The van der Waals surface area contributed by atoms with Gasteiger partial charge in [0.1, 0.15) is 4.90 Å². The fourth-order valence-electron chi connectivity index (χ4n) is 3.97. The van der Waals surface area contributed by atoms with Crippen LogP contribution in [0.5, 0.6) is 5.88 Å². The van der Waals surface area contributed by atoms with Crippen LogP contribution < -0.4 is 10.6 Å². The van der Waals surface area contributed by atoms with Crippen LogP contribution in [-0.2, 0) is 29.6 Å². The van der Waals surface area contributed by atoms with Crippen LogP contribution in [0.4, 0.5) is 34.6 Å². The molecule has 5 aromatic rings. The van der Waals surface area contributed by atoms with Crippen molar-refractivity contribution in [2.45, 2.75) is 21.6 Å². The van der Waals surface area contributed by atoms with E-state index in [4.69, 9.17) is 16.9 Å². The number of hydrogen-bond donors (Lipinski definition) is 6. The number of aryl methyl sites for hydroxylation is 1. The number of nitrogens with zero attached hydrogens (tertiary/aromatic N) is 7. The molecular formula is C25H20ClN9O10S3. The summed E-state index contributed by atoms with van der Waals surface area (Å²) in [6.45, 7) is 1.58. The van der Waals surface area contributed by atoms with Gasteiger partial charge in [0, 0.05) is 10.6 Å². The molecule has 0 bridgehead atoms. The van der Waals surface area contributed by atoms with Gasteiger partial charge in [0.2, 0.25) is 23.1 Å². The van der Waals surface area contributed by atoms with Crippen LogP contribution in [0.15, 0.2) is 91.6 Å². The summed E-state index contributed by atoms with van der Waals surface area (Å²) in [4.78, 5) is 11.5. The highest BCUT2D eigenvalue weighted by Crippen LogP contribution is 2.35. The molecule has 250 valence electrons. The molecule has 0 fully saturated rings. The number of aromatic nitrogens is 5. The monoisotopic (exact) mass is 737 g/mol. The van der Waals surface area contributed by atoms with Gasteiger partial charge in [-0.25, -0.2) is 5.26 Å². The first kappa shape index (κ1) is 34.6. The van der Waals surface area contributed by atoms with Crippen molar-refractivity contribution >= 4 is 78.5 Å². The first-order chi connectivity index (χ1) is 22.7. The van der Waals surface area contributed by atoms with E-state index in [9.17, 15) is 31.0 Å². The first-order valence-electron chi connectivity index (χ1n) is 12.8. The minimum atomic E-state index is -4.70. The second-order valence-electron chi connectivity index (χ2n) is 9.25. The summed E-state index contributed by atoms with van der Waals surface area (Å²) in [7, 11) is -9.10. The van der Waals surface area contributed by atoms with Crippen molar-refractivity contribution in [3.63, 3.8) is 0 Å². The molecule has 0 amide bonds. The molecule has 0 aliphatic rings. The molecule has 0 saturated heterocycles. The fourth-order valence-corrected chi connectivity index (χ4v) is 5.63. The molecule has 0 radical (unpaired) electrons. The highest BCUT2D eigenvalue weighted by molar-refractivity contribution is 7.94. The average Bonchev–Trinajstić information content (AvgIpc) is 3.30. The standard InChI is InChI=1S/C25H20ClN9O10S3/c1-13-21(22(36)35(34-13)16-5-8-18(9-6-16)47(38,39)40)33-32-15-4-2-3-14(11-15)27-24-29-23(26)30-25(31-24)28-19-12-17(46-45-44-37)7-10-20(19)48(41,42)43/h2-12,36-37H,1H3,(H,38,39,40)(H,41,42,43)(H2,27,28,29,30,31). The van der Waals surface area contributed by atoms with Crippen molar-refractivity contribution in [3.05, 3.63) is 77.7 Å². The molecule has 2 aromatic heterocycles. The Morgan fingerprint density at radius 3 is 2.27 bits per heavy atom. The zero-order valence-corrected chi connectivity index (χ0v) is 27.0. The Labute approximate surface area is 279 Å². The predicted molar refractivity (Wildman–Crippen MR) is 169 cm³/mol. The van der Waals surface area contributed by atoms with Crippen LogP contribution in [0, 0.1) is 6.92 Å². The number of aromatic hydroxyl groups is 1. The van der Waals surface area contributed by atoms with Gasteiger partial charge in [-0.15, -0.1) is 9.45 Å². The number of anilines is 4. The molecule has 3 aromatic carbocycles. The van der Waals surface area contributed by atoms with Crippen molar-refractivity contribution in [2.75, 3.05) is 10.6 Å². The number of azo groups is 1. The molecule has 0 unspecified atom stereocenters. The van der Waals surface area contributed by atoms with Crippen LogP contribution in [0.1, 0.15) is 5.69 Å². The lowest BCUT2D eigenvalue weighted by Gasteiger charge is -2.12. The van der Waals surface area contributed by atoms with E-state index in [2.05, 4.69) is 50.3 Å². The van der Waals surface area contributed by atoms with Crippen LogP contribution in [0.3, 0.4) is 0 Å². The lowest BCUT2D eigenvalue weighted by molar-refractivity contribution is -0.432. The molecule has 5 rings (SSSR count). The second kappa shape index (κ2) is 14.1. The third-order valence-corrected chi connectivity index (χ3v) is 8.52. The number of halogens is 1. The molecule has 48 heavy (non-hydrogen) atoms. The molecule has 0 aliphatic heterocycles. The lowest BCUT2D eigenvalue weighted by Crippen LogP contribution is -2.07. The summed E-state index contributed by atoms with van der Waals surface area (Å²) in [6, 6.07) is 15.0. The van der Waals surface area contributed by atoms with Crippen molar-refractivity contribution in [3.8, 4) is 11.6 Å². The van der Waals surface area contributed by atoms with Crippen molar-refractivity contribution in [1.82, 2.24) is 24.7 Å². The summed E-state index contributed by atoms with van der Waals surface area (Å²) in [5.74, 6) is -0.659. The Morgan fingerprint density at radius 1 is 0.896 bits per heavy atom.